The van der Waals surface area contributed by atoms with Gasteiger partial charge in [0.1, 0.15) is 0 Å². The molecule has 2 aromatic rings. The van der Waals surface area contributed by atoms with Gasteiger partial charge in [0.2, 0.25) is 0 Å². The maximum absolute atomic E-state index is 13.3. The number of halogens is 2. The summed E-state index contributed by atoms with van der Waals surface area (Å²) in [4.78, 5) is 5.02. The molecule has 0 saturated heterocycles. The lowest BCUT2D eigenvalue weighted by atomic mass is 10.1. The maximum atomic E-state index is 13.3. The molecule has 2 nitrogen and oxygen atoms in total. The van der Waals surface area contributed by atoms with Crippen molar-refractivity contribution < 1.29 is 8.78 Å². The van der Waals surface area contributed by atoms with E-state index in [4.69, 9.17) is 0 Å². The van der Waals surface area contributed by atoms with Gasteiger partial charge in [-0.25, -0.2) is 8.78 Å². The fourth-order valence-electron chi connectivity index (χ4n) is 1.73. The molecule has 0 aliphatic rings. The molecule has 1 heterocycles. The molecule has 0 bridgehead atoms. The van der Waals surface area contributed by atoms with Crippen molar-refractivity contribution in [3.05, 3.63) is 52.0 Å². The molecule has 0 aliphatic carbocycles. The molecule has 1 aromatic carbocycles. The number of rotatable bonds is 5. The van der Waals surface area contributed by atoms with E-state index < -0.39 is 11.6 Å². The molecule has 0 aliphatic heterocycles. The van der Waals surface area contributed by atoms with Gasteiger partial charge < -0.3 is 5.32 Å². The lowest BCUT2D eigenvalue weighted by molar-refractivity contribution is 0.503. The third kappa shape index (κ3) is 2.91. The Hall–Kier alpha value is -1.33. The molecule has 1 aromatic heterocycles. The van der Waals surface area contributed by atoms with Crippen LogP contribution in [0.3, 0.4) is 0 Å². The van der Waals surface area contributed by atoms with Crippen LogP contribution in [-0.4, -0.2) is 11.5 Å². The first-order chi connectivity index (χ1) is 8.72. The van der Waals surface area contributed by atoms with Crippen molar-refractivity contribution in [3.8, 4) is 0 Å². The molecule has 5 heteroatoms. The van der Waals surface area contributed by atoms with Gasteiger partial charge in [0.25, 0.3) is 0 Å². The summed E-state index contributed by atoms with van der Waals surface area (Å²) in [5.41, 5.74) is 2.45. The van der Waals surface area contributed by atoms with Crippen LogP contribution in [0, 0.1) is 11.6 Å². The minimum Gasteiger partial charge on any atom is -0.306 e. The van der Waals surface area contributed by atoms with E-state index in [1.807, 2.05) is 0 Å². The first kappa shape index (κ1) is 13.1. The van der Waals surface area contributed by atoms with Crippen molar-refractivity contribution in [1.82, 2.24) is 10.3 Å². The Labute approximate surface area is 109 Å². The molecule has 0 amide bonds. The summed E-state index contributed by atoms with van der Waals surface area (Å²) in [7, 11) is 0. The van der Waals surface area contributed by atoms with Crippen LogP contribution < -0.4 is 5.32 Å². The Balaban J connectivity index is 2.30. The second kappa shape index (κ2) is 6.02. The number of nitrogens with one attached hydrogen (secondary N) is 1. The summed E-state index contributed by atoms with van der Waals surface area (Å²) in [5.74, 6) is -1.64. The van der Waals surface area contributed by atoms with E-state index in [0.29, 0.717) is 5.56 Å². The number of hydrogen-bond acceptors (Lipinski definition) is 3. The van der Waals surface area contributed by atoms with E-state index in [1.54, 1.807) is 17.8 Å². The second-order valence-corrected chi connectivity index (χ2v) is 4.88. The van der Waals surface area contributed by atoms with Gasteiger partial charge in [-0.2, -0.15) is 0 Å². The van der Waals surface area contributed by atoms with E-state index in [1.165, 1.54) is 17.4 Å². The number of benzene rings is 1. The quantitative estimate of drug-likeness (QED) is 0.897. The van der Waals surface area contributed by atoms with E-state index in [0.717, 1.165) is 23.9 Å². The summed E-state index contributed by atoms with van der Waals surface area (Å²) < 4.78 is 26.2. The fraction of sp³-hybridized carbons (Fsp3) is 0.308. The Morgan fingerprint density at radius 3 is 2.78 bits per heavy atom. The van der Waals surface area contributed by atoms with Crippen LogP contribution in [0.4, 0.5) is 8.78 Å². The third-order valence-corrected chi connectivity index (χ3v) is 3.45. The highest BCUT2D eigenvalue weighted by molar-refractivity contribution is 7.09. The van der Waals surface area contributed by atoms with Gasteiger partial charge in [0, 0.05) is 11.1 Å². The predicted octanol–water partition coefficient (Wildman–Crippen LogP) is 3.51. The van der Waals surface area contributed by atoms with Gasteiger partial charge >= 0.3 is 0 Å². The first-order valence-electron chi connectivity index (χ1n) is 5.79. The molecule has 0 radical (unpaired) electrons. The largest absolute Gasteiger partial charge is 0.306 e. The zero-order valence-electron chi connectivity index (χ0n) is 9.99. The van der Waals surface area contributed by atoms with Crippen LogP contribution in [0.25, 0.3) is 0 Å². The summed E-state index contributed by atoms with van der Waals surface area (Å²) >= 11 is 1.50. The molecule has 0 saturated carbocycles. The van der Waals surface area contributed by atoms with Crippen LogP contribution >= 0.6 is 11.3 Å². The zero-order chi connectivity index (χ0) is 13.0. The highest BCUT2D eigenvalue weighted by atomic mass is 32.1. The topological polar surface area (TPSA) is 24.9 Å². The highest BCUT2D eigenvalue weighted by Gasteiger charge is 2.16. The Morgan fingerprint density at radius 1 is 1.33 bits per heavy atom. The maximum Gasteiger partial charge on any atom is 0.159 e. The monoisotopic (exact) mass is 268 g/mol. The van der Waals surface area contributed by atoms with Crippen molar-refractivity contribution in [2.75, 3.05) is 6.54 Å². The van der Waals surface area contributed by atoms with Crippen molar-refractivity contribution in [2.45, 2.75) is 19.4 Å². The molecule has 1 N–H and O–H groups in total. The van der Waals surface area contributed by atoms with Crippen LogP contribution in [0.15, 0.2) is 29.9 Å². The SMILES string of the molecule is CCCNC(c1ccc(F)c(F)c1)c1cncs1. The molecule has 2 rings (SSSR count). The van der Waals surface area contributed by atoms with E-state index in [2.05, 4.69) is 17.2 Å². The smallest absolute Gasteiger partial charge is 0.159 e. The van der Waals surface area contributed by atoms with Gasteiger partial charge in [-0.15, -0.1) is 11.3 Å². The van der Waals surface area contributed by atoms with Gasteiger partial charge in [-0.3, -0.25) is 4.98 Å². The molecular weight excluding hydrogens is 254 g/mol. The summed E-state index contributed by atoms with van der Waals surface area (Å²) in [6.07, 6.45) is 2.72. The normalized spacial score (nSPS) is 12.6. The number of hydrogen-bond donors (Lipinski definition) is 1. The second-order valence-electron chi connectivity index (χ2n) is 3.96. The molecule has 0 spiro atoms. The van der Waals surface area contributed by atoms with Crippen molar-refractivity contribution in [2.24, 2.45) is 0 Å². The lowest BCUT2D eigenvalue weighted by Crippen LogP contribution is -2.22. The van der Waals surface area contributed by atoms with E-state index >= 15 is 0 Å². The third-order valence-electron chi connectivity index (χ3n) is 2.61. The summed E-state index contributed by atoms with van der Waals surface area (Å²) in [5, 5.41) is 3.32. The highest BCUT2D eigenvalue weighted by Crippen LogP contribution is 2.26. The lowest BCUT2D eigenvalue weighted by Gasteiger charge is -2.17. The predicted molar refractivity (Wildman–Crippen MR) is 68.6 cm³/mol. The van der Waals surface area contributed by atoms with E-state index in [9.17, 15) is 8.78 Å². The van der Waals surface area contributed by atoms with Crippen molar-refractivity contribution >= 4 is 11.3 Å². The van der Waals surface area contributed by atoms with Gasteiger partial charge in [-0.1, -0.05) is 13.0 Å². The standard InChI is InChI=1S/C13H14F2N2S/c1-2-5-17-13(12-7-16-8-18-12)9-3-4-10(14)11(15)6-9/h3-4,6-8,13,17H,2,5H2,1H3. The van der Waals surface area contributed by atoms with Crippen molar-refractivity contribution in [1.29, 1.82) is 0 Å². The number of nitrogens with zero attached hydrogens (tertiary/aromatic N) is 1. The van der Waals surface area contributed by atoms with Crippen LogP contribution in [0.1, 0.15) is 29.8 Å². The molecule has 1 atom stereocenters. The molecule has 1 unspecified atom stereocenters. The Kier molecular flexibility index (Phi) is 4.38. The van der Waals surface area contributed by atoms with Crippen molar-refractivity contribution in [3.63, 3.8) is 0 Å². The molecule has 0 fully saturated rings. The van der Waals surface area contributed by atoms with Gasteiger partial charge in [0.15, 0.2) is 11.6 Å². The minimum atomic E-state index is -0.822. The fourth-order valence-corrected chi connectivity index (χ4v) is 2.45. The van der Waals surface area contributed by atoms with Gasteiger partial charge in [-0.05, 0) is 30.7 Å². The average molecular weight is 268 g/mol. The molecular formula is C13H14F2N2S. The Morgan fingerprint density at radius 2 is 2.17 bits per heavy atom. The summed E-state index contributed by atoms with van der Waals surface area (Å²) in [6.45, 7) is 2.86. The minimum absolute atomic E-state index is 0.132. The van der Waals surface area contributed by atoms with Crippen LogP contribution in [-0.2, 0) is 0 Å². The van der Waals surface area contributed by atoms with E-state index in [-0.39, 0.29) is 6.04 Å². The average Bonchev–Trinajstić information content (AvgIpc) is 2.88. The Bertz CT molecular complexity index is 500. The van der Waals surface area contributed by atoms with Crippen LogP contribution in [0.5, 0.6) is 0 Å². The molecule has 18 heavy (non-hydrogen) atoms. The number of thiazole rings is 1. The summed E-state index contributed by atoms with van der Waals surface area (Å²) in [6, 6.07) is 3.87. The van der Waals surface area contributed by atoms with Gasteiger partial charge in [0.05, 0.1) is 11.6 Å². The van der Waals surface area contributed by atoms with Crippen LogP contribution in [0.2, 0.25) is 0 Å². The molecule has 96 valence electrons. The first-order valence-corrected chi connectivity index (χ1v) is 6.67. The zero-order valence-corrected chi connectivity index (χ0v) is 10.8. The number of aromatic nitrogens is 1.